The monoisotopic (exact) mass is 228 g/mol. The first-order chi connectivity index (χ1) is 7.35. The van der Waals surface area contributed by atoms with Crippen LogP contribution in [0.1, 0.15) is 32.1 Å². The summed E-state index contributed by atoms with van der Waals surface area (Å²) in [6.07, 6.45) is 9.29. The van der Waals surface area contributed by atoms with Crippen LogP contribution in [0.25, 0.3) is 0 Å². The number of piperidine rings is 1. The minimum atomic E-state index is 0.774. The van der Waals surface area contributed by atoms with Gasteiger partial charge in [0.25, 0.3) is 0 Å². The molecule has 1 aliphatic carbocycles. The van der Waals surface area contributed by atoms with Gasteiger partial charge in [-0.3, -0.25) is 4.90 Å². The van der Waals surface area contributed by atoms with E-state index in [1.54, 1.807) is 0 Å². The lowest BCUT2D eigenvalue weighted by molar-refractivity contribution is 0.150. The fraction of sp³-hybridized carbons (Fsp3) is 1.00. The summed E-state index contributed by atoms with van der Waals surface area (Å²) in [5.41, 5.74) is 0. The molecule has 2 fully saturated rings. The summed E-state index contributed by atoms with van der Waals surface area (Å²) >= 11 is 2.08. The molecule has 0 bridgehead atoms. The molecule has 15 heavy (non-hydrogen) atoms. The Bertz CT molecular complexity index is 190. The average molecular weight is 228 g/mol. The zero-order chi connectivity index (χ0) is 10.7. The molecular weight excluding hydrogens is 204 g/mol. The van der Waals surface area contributed by atoms with Crippen molar-refractivity contribution in [3.05, 3.63) is 0 Å². The van der Waals surface area contributed by atoms with Gasteiger partial charge in [0.15, 0.2) is 0 Å². The van der Waals surface area contributed by atoms with Crippen molar-refractivity contribution in [2.75, 3.05) is 26.4 Å². The van der Waals surface area contributed by atoms with Gasteiger partial charge in [0.05, 0.1) is 0 Å². The molecule has 2 nitrogen and oxygen atoms in total. The Hall–Kier alpha value is 0.270. The van der Waals surface area contributed by atoms with Crippen LogP contribution in [-0.2, 0) is 0 Å². The smallest absolute Gasteiger partial charge is 0.0214 e. The molecule has 0 aromatic rings. The SMILES string of the molecule is CNC1CCN(C2CCCC2SC)CC1. The average Bonchev–Trinajstić information content (AvgIpc) is 2.77. The van der Waals surface area contributed by atoms with Crippen LogP contribution in [0, 0.1) is 0 Å². The van der Waals surface area contributed by atoms with E-state index >= 15 is 0 Å². The van der Waals surface area contributed by atoms with Gasteiger partial charge in [-0.2, -0.15) is 11.8 Å². The summed E-state index contributed by atoms with van der Waals surface area (Å²) in [6.45, 7) is 2.63. The summed E-state index contributed by atoms with van der Waals surface area (Å²) in [4.78, 5) is 2.75. The molecule has 1 N–H and O–H groups in total. The summed E-state index contributed by atoms with van der Waals surface area (Å²) in [5.74, 6) is 0. The topological polar surface area (TPSA) is 15.3 Å². The third-order valence-corrected chi connectivity index (χ3v) is 5.28. The van der Waals surface area contributed by atoms with Gasteiger partial charge >= 0.3 is 0 Å². The Morgan fingerprint density at radius 1 is 1.13 bits per heavy atom. The van der Waals surface area contributed by atoms with Gasteiger partial charge in [-0.25, -0.2) is 0 Å². The number of thioether (sulfide) groups is 1. The van der Waals surface area contributed by atoms with E-state index in [1.165, 1.54) is 45.2 Å². The van der Waals surface area contributed by atoms with Crippen molar-refractivity contribution < 1.29 is 0 Å². The van der Waals surface area contributed by atoms with E-state index in [0.717, 1.165) is 17.3 Å². The van der Waals surface area contributed by atoms with Crippen LogP contribution in [0.15, 0.2) is 0 Å². The van der Waals surface area contributed by atoms with Crippen LogP contribution in [0.4, 0.5) is 0 Å². The van der Waals surface area contributed by atoms with Crippen LogP contribution >= 0.6 is 11.8 Å². The molecule has 1 saturated heterocycles. The first-order valence-electron chi connectivity index (χ1n) is 6.29. The quantitative estimate of drug-likeness (QED) is 0.795. The van der Waals surface area contributed by atoms with E-state index in [1.807, 2.05) is 0 Å². The van der Waals surface area contributed by atoms with Gasteiger partial charge < -0.3 is 5.32 Å². The lowest BCUT2D eigenvalue weighted by Gasteiger charge is -2.38. The van der Waals surface area contributed by atoms with Gasteiger partial charge in [0.2, 0.25) is 0 Å². The van der Waals surface area contributed by atoms with E-state index in [4.69, 9.17) is 0 Å². The maximum atomic E-state index is 3.41. The van der Waals surface area contributed by atoms with Gasteiger partial charge in [-0.15, -0.1) is 0 Å². The molecular formula is C12H24N2S. The third-order valence-electron chi connectivity index (χ3n) is 4.13. The standard InChI is InChI=1S/C12H24N2S/c1-13-10-6-8-14(9-7-10)11-4-3-5-12(11)15-2/h10-13H,3-9H2,1-2H3. The molecule has 1 heterocycles. The molecule has 0 aromatic carbocycles. The van der Waals surface area contributed by atoms with Gasteiger partial charge in [0.1, 0.15) is 0 Å². The highest BCUT2D eigenvalue weighted by molar-refractivity contribution is 7.99. The maximum Gasteiger partial charge on any atom is 0.0214 e. The first-order valence-corrected chi connectivity index (χ1v) is 7.58. The van der Waals surface area contributed by atoms with E-state index in [0.29, 0.717) is 0 Å². The van der Waals surface area contributed by atoms with E-state index in [9.17, 15) is 0 Å². The number of likely N-dealkylation sites (tertiary alicyclic amines) is 1. The van der Waals surface area contributed by atoms with Crippen molar-refractivity contribution in [3.63, 3.8) is 0 Å². The molecule has 1 aliphatic heterocycles. The molecule has 2 atom stereocenters. The van der Waals surface area contributed by atoms with Crippen molar-refractivity contribution in [1.29, 1.82) is 0 Å². The van der Waals surface area contributed by atoms with Gasteiger partial charge in [-0.05, 0) is 52.1 Å². The summed E-state index contributed by atoms with van der Waals surface area (Å²) in [5, 5.41) is 4.32. The molecule has 0 amide bonds. The Labute approximate surface area is 98.2 Å². The minimum absolute atomic E-state index is 0.774. The minimum Gasteiger partial charge on any atom is -0.317 e. The molecule has 3 heteroatoms. The van der Waals surface area contributed by atoms with Crippen LogP contribution in [-0.4, -0.2) is 48.6 Å². The molecule has 0 aromatic heterocycles. The fourth-order valence-electron chi connectivity index (χ4n) is 3.12. The van der Waals surface area contributed by atoms with Gasteiger partial charge in [-0.1, -0.05) is 6.42 Å². The number of nitrogens with zero attached hydrogens (tertiary/aromatic N) is 1. The second-order valence-electron chi connectivity index (χ2n) is 4.87. The largest absolute Gasteiger partial charge is 0.317 e. The predicted molar refractivity (Wildman–Crippen MR) is 68.6 cm³/mol. The summed E-state index contributed by atoms with van der Waals surface area (Å²) in [6, 6.07) is 1.66. The van der Waals surface area contributed by atoms with Crippen LogP contribution in [0.5, 0.6) is 0 Å². The van der Waals surface area contributed by atoms with Crippen LogP contribution in [0.2, 0.25) is 0 Å². The Morgan fingerprint density at radius 3 is 2.47 bits per heavy atom. The second kappa shape index (κ2) is 5.55. The molecule has 0 radical (unpaired) electrons. The number of nitrogens with one attached hydrogen (secondary N) is 1. The van der Waals surface area contributed by atoms with E-state index in [-0.39, 0.29) is 0 Å². The number of hydrogen-bond donors (Lipinski definition) is 1. The highest BCUT2D eigenvalue weighted by atomic mass is 32.2. The molecule has 88 valence electrons. The number of hydrogen-bond acceptors (Lipinski definition) is 3. The third kappa shape index (κ3) is 2.69. The predicted octanol–water partition coefficient (Wildman–Crippen LogP) is 1.95. The molecule has 2 unspecified atom stereocenters. The first kappa shape index (κ1) is 11.7. The molecule has 1 saturated carbocycles. The van der Waals surface area contributed by atoms with Crippen molar-refractivity contribution in [1.82, 2.24) is 10.2 Å². The van der Waals surface area contributed by atoms with Crippen molar-refractivity contribution in [2.24, 2.45) is 0 Å². The second-order valence-corrected chi connectivity index (χ2v) is 5.95. The van der Waals surface area contributed by atoms with Crippen LogP contribution < -0.4 is 5.32 Å². The highest BCUT2D eigenvalue weighted by Gasteiger charge is 2.33. The Morgan fingerprint density at radius 2 is 1.87 bits per heavy atom. The molecule has 2 rings (SSSR count). The molecule has 2 aliphatic rings. The highest BCUT2D eigenvalue weighted by Crippen LogP contribution is 2.33. The fourth-order valence-corrected chi connectivity index (χ4v) is 4.14. The zero-order valence-corrected chi connectivity index (χ0v) is 10.9. The van der Waals surface area contributed by atoms with Crippen molar-refractivity contribution in [2.45, 2.75) is 49.4 Å². The maximum absolute atomic E-state index is 3.41. The van der Waals surface area contributed by atoms with Crippen molar-refractivity contribution in [3.8, 4) is 0 Å². The van der Waals surface area contributed by atoms with Crippen LogP contribution in [0.3, 0.4) is 0 Å². The normalized spacial score (nSPS) is 34.8. The number of rotatable bonds is 3. The van der Waals surface area contributed by atoms with E-state index in [2.05, 4.69) is 35.3 Å². The van der Waals surface area contributed by atoms with Gasteiger partial charge in [0, 0.05) is 17.3 Å². The Kier molecular flexibility index (Phi) is 4.35. The summed E-state index contributed by atoms with van der Waals surface area (Å²) < 4.78 is 0. The zero-order valence-electron chi connectivity index (χ0n) is 10.0. The molecule has 0 spiro atoms. The van der Waals surface area contributed by atoms with Crippen molar-refractivity contribution >= 4 is 11.8 Å². The summed E-state index contributed by atoms with van der Waals surface area (Å²) in [7, 11) is 2.10. The lowest BCUT2D eigenvalue weighted by Crippen LogP contribution is -2.47. The van der Waals surface area contributed by atoms with E-state index < -0.39 is 0 Å². The lowest BCUT2D eigenvalue weighted by atomic mass is 10.0. The Balaban J connectivity index is 1.84.